The zero-order valence-corrected chi connectivity index (χ0v) is 20.9. The summed E-state index contributed by atoms with van der Waals surface area (Å²) in [4.78, 5) is 18.8. The van der Waals surface area contributed by atoms with Crippen LogP contribution in [0.1, 0.15) is 21.5 Å². The number of anilines is 1. The molecule has 38 heavy (non-hydrogen) atoms. The van der Waals surface area contributed by atoms with Crippen LogP contribution < -0.4 is 9.64 Å². The molecule has 0 spiro atoms. The molecule has 4 aromatic carbocycles. The van der Waals surface area contributed by atoms with Crippen molar-refractivity contribution in [2.24, 2.45) is 4.40 Å². The normalized spacial score (nSPS) is 13.5. The van der Waals surface area contributed by atoms with Crippen LogP contribution in [0.4, 0.5) is 5.69 Å². The van der Waals surface area contributed by atoms with Gasteiger partial charge in [0.25, 0.3) is 10.0 Å². The van der Waals surface area contributed by atoms with Gasteiger partial charge >= 0.3 is 5.97 Å². The van der Waals surface area contributed by atoms with E-state index in [0.717, 1.165) is 16.5 Å². The number of hydrogen-bond donors (Lipinski definition) is 0. The van der Waals surface area contributed by atoms with Crippen LogP contribution in [-0.2, 0) is 16.6 Å². The van der Waals surface area contributed by atoms with Gasteiger partial charge < -0.3 is 9.64 Å². The summed E-state index contributed by atoms with van der Waals surface area (Å²) in [7, 11) is -3.86. The molecule has 0 fully saturated rings. The summed E-state index contributed by atoms with van der Waals surface area (Å²) in [5, 5.41) is 1.94. The molecular formula is C30H21N3O4S. The van der Waals surface area contributed by atoms with Gasteiger partial charge in [-0.1, -0.05) is 66.7 Å². The van der Waals surface area contributed by atoms with Crippen molar-refractivity contribution >= 4 is 38.3 Å². The second kappa shape index (κ2) is 9.57. The Kier molecular flexibility index (Phi) is 5.94. The number of benzene rings is 4. The van der Waals surface area contributed by atoms with Crippen molar-refractivity contribution in [3.05, 3.63) is 132 Å². The predicted molar refractivity (Wildman–Crippen MR) is 146 cm³/mol. The van der Waals surface area contributed by atoms with Crippen LogP contribution in [-0.4, -0.2) is 25.2 Å². The van der Waals surface area contributed by atoms with E-state index in [-0.39, 0.29) is 11.4 Å². The Balaban J connectivity index is 1.48. The van der Waals surface area contributed by atoms with E-state index in [2.05, 4.69) is 9.38 Å². The van der Waals surface area contributed by atoms with E-state index in [1.807, 2.05) is 59.5 Å². The molecule has 5 aromatic rings. The average Bonchev–Trinajstić information content (AvgIpc) is 3.23. The van der Waals surface area contributed by atoms with Crippen molar-refractivity contribution in [1.82, 2.24) is 4.98 Å². The number of fused-ring (bicyclic) bond motifs is 2. The zero-order valence-electron chi connectivity index (χ0n) is 20.1. The number of para-hydroxylation sites is 1. The lowest BCUT2D eigenvalue weighted by atomic mass is 10.1. The van der Waals surface area contributed by atoms with Crippen LogP contribution >= 0.6 is 0 Å². The van der Waals surface area contributed by atoms with Crippen LogP contribution in [0.2, 0.25) is 0 Å². The second-order valence-corrected chi connectivity index (χ2v) is 10.3. The summed E-state index contributed by atoms with van der Waals surface area (Å²) in [6.07, 6.45) is 3.03. The van der Waals surface area contributed by atoms with Gasteiger partial charge in [0.15, 0.2) is 5.84 Å². The number of rotatable bonds is 5. The number of hydrogen-bond acceptors (Lipinski definition) is 6. The Morgan fingerprint density at radius 3 is 2.45 bits per heavy atom. The van der Waals surface area contributed by atoms with Gasteiger partial charge in [-0.05, 0) is 41.8 Å². The summed E-state index contributed by atoms with van der Waals surface area (Å²) < 4.78 is 36.0. The molecule has 0 N–H and O–H groups in total. The fourth-order valence-electron chi connectivity index (χ4n) is 4.55. The maximum atomic E-state index is 13.0. The van der Waals surface area contributed by atoms with Gasteiger partial charge in [0.05, 0.1) is 17.8 Å². The first-order chi connectivity index (χ1) is 18.5. The first kappa shape index (κ1) is 23.6. The van der Waals surface area contributed by atoms with Gasteiger partial charge in [-0.3, -0.25) is 4.98 Å². The average molecular weight is 520 g/mol. The molecule has 0 amide bonds. The highest BCUT2D eigenvalue weighted by molar-refractivity contribution is 7.90. The monoisotopic (exact) mass is 519 g/mol. The molecule has 0 bridgehead atoms. The van der Waals surface area contributed by atoms with Crippen LogP contribution in [0, 0.1) is 0 Å². The van der Waals surface area contributed by atoms with Crippen LogP contribution in [0.15, 0.2) is 125 Å². The summed E-state index contributed by atoms with van der Waals surface area (Å²) in [6, 6.07) is 31.0. The molecule has 0 saturated carbocycles. The SMILES string of the molecule is O=C(Oc1ccccc1CN(C1=NS(=O)(=O)c2ccccc21)c1cccc2ccccc12)c1cccnc1. The number of pyridine rings is 1. The number of nitrogens with zero attached hydrogens (tertiary/aromatic N) is 3. The Morgan fingerprint density at radius 1 is 0.816 bits per heavy atom. The predicted octanol–water partition coefficient (Wildman–Crippen LogP) is 5.61. The van der Waals surface area contributed by atoms with Crippen molar-refractivity contribution in [1.29, 1.82) is 0 Å². The van der Waals surface area contributed by atoms with E-state index in [1.165, 1.54) is 6.20 Å². The van der Waals surface area contributed by atoms with E-state index >= 15 is 0 Å². The highest BCUT2D eigenvalue weighted by Gasteiger charge is 2.33. The summed E-state index contributed by atoms with van der Waals surface area (Å²) >= 11 is 0. The lowest BCUT2D eigenvalue weighted by molar-refractivity contribution is 0.0732. The molecule has 1 aliphatic heterocycles. The standard InChI is InChI=1S/C30H21N3O4S/c34-30(22-12-8-18-31-19-22)37-27-16-5-2-10-23(27)20-33(26-15-7-11-21-9-1-3-13-24(21)26)29-25-14-4-6-17-28(25)38(35,36)32-29/h1-19H,20H2. The number of ether oxygens (including phenoxy) is 1. The number of sulfonamides is 1. The molecule has 186 valence electrons. The molecule has 8 heteroatoms. The van der Waals surface area contributed by atoms with Gasteiger partial charge in [-0.25, -0.2) is 4.79 Å². The third kappa shape index (κ3) is 4.31. The van der Waals surface area contributed by atoms with Crippen LogP contribution in [0.25, 0.3) is 10.8 Å². The molecule has 0 saturated heterocycles. The third-order valence-corrected chi connectivity index (χ3v) is 7.65. The van der Waals surface area contributed by atoms with E-state index in [0.29, 0.717) is 28.3 Å². The minimum absolute atomic E-state index is 0.163. The first-order valence-electron chi connectivity index (χ1n) is 11.9. The Bertz CT molecular complexity index is 1810. The van der Waals surface area contributed by atoms with Crippen molar-refractivity contribution in [3.8, 4) is 5.75 Å². The maximum absolute atomic E-state index is 13.0. The van der Waals surface area contributed by atoms with Gasteiger partial charge in [-0.2, -0.15) is 8.42 Å². The Morgan fingerprint density at radius 2 is 1.58 bits per heavy atom. The van der Waals surface area contributed by atoms with Gasteiger partial charge in [-0.15, -0.1) is 4.40 Å². The molecule has 0 aliphatic carbocycles. The molecule has 1 aromatic heterocycles. The fourth-order valence-corrected chi connectivity index (χ4v) is 5.76. The number of esters is 1. The van der Waals surface area contributed by atoms with Gasteiger partial charge in [0, 0.05) is 28.9 Å². The number of amidine groups is 1. The highest BCUT2D eigenvalue weighted by atomic mass is 32.2. The number of aromatic nitrogens is 1. The van der Waals surface area contributed by atoms with E-state index in [4.69, 9.17) is 4.74 Å². The minimum Gasteiger partial charge on any atom is -0.423 e. The third-order valence-electron chi connectivity index (χ3n) is 6.33. The van der Waals surface area contributed by atoms with Crippen molar-refractivity contribution in [3.63, 3.8) is 0 Å². The smallest absolute Gasteiger partial charge is 0.345 e. The Hall–Kier alpha value is -4.82. The lowest BCUT2D eigenvalue weighted by Gasteiger charge is -2.27. The van der Waals surface area contributed by atoms with Gasteiger partial charge in [0.2, 0.25) is 0 Å². The topological polar surface area (TPSA) is 88.9 Å². The summed E-state index contributed by atoms with van der Waals surface area (Å²) in [6.45, 7) is 0.202. The largest absolute Gasteiger partial charge is 0.423 e. The van der Waals surface area contributed by atoms with Crippen LogP contribution in [0.5, 0.6) is 5.75 Å². The quantitative estimate of drug-likeness (QED) is 0.222. The molecule has 0 unspecified atom stereocenters. The number of carbonyl (C=O) groups excluding carboxylic acids is 1. The maximum Gasteiger partial charge on any atom is 0.345 e. The molecule has 0 atom stereocenters. The van der Waals surface area contributed by atoms with E-state index in [9.17, 15) is 13.2 Å². The summed E-state index contributed by atoms with van der Waals surface area (Å²) in [5.41, 5.74) is 2.31. The van der Waals surface area contributed by atoms with Crippen molar-refractivity contribution in [2.75, 3.05) is 4.90 Å². The van der Waals surface area contributed by atoms with Crippen molar-refractivity contribution in [2.45, 2.75) is 11.4 Å². The molecule has 0 radical (unpaired) electrons. The van der Waals surface area contributed by atoms with E-state index in [1.54, 1.807) is 54.7 Å². The molecule has 2 heterocycles. The molecule has 7 nitrogen and oxygen atoms in total. The number of carbonyl (C=O) groups is 1. The Labute approximate surface area is 219 Å². The fraction of sp³-hybridized carbons (Fsp3) is 0.0333. The summed E-state index contributed by atoms with van der Waals surface area (Å²) in [5.74, 6) is 0.139. The second-order valence-electron chi connectivity index (χ2n) is 8.71. The minimum atomic E-state index is -3.86. The van der Waals surface area contributed by atoms with E-state index < -0.39 is 16.0 Å². The zero-order chi connectivity index (χ0) is 26.1. The molecule has 6 rings (SSSR count). The van der Waals surface area contributed by atoms with Crippen molar-refractivity contribution < 1.29 is 17.9 Å². The molecule has 1 aliphatic rings. The van der Waals surface area contributed by atoms with Gasteiger partial charge in [0.1, 0.15) is 10.6 Å². The van der Waals surface area contributed by atoms with Crippen LogP contribution in [0.3, 0.4) is 0 Å². The first-order valence-corrected chi connectivity index (χ1v) is 13.3. The lowest BCUT2D eigenvalue weighted by Crippen LogP contribution is -2.31. The molecular weight excluding hydrogens is 498 g/mol. The highest BCUT2D eigenvalue weighted by Crippen LogP contribution is 2.35.